The summed E-state index contributed by atoms with van der Waals surface area (Å²) in [5.74, 6) is 0.958. The molecule has 0 spiro atoms. The normalized spacial score (nSPS) is 16.3. The molecule has 0 radical (unpaired) electrons. The fraction of sp³-hybridized carbons (Fsp3) is 0.708. The van der Waals surface area contributed by atoms with Gasteiger partial charge in [-0.1, -0.05) is 48.5 Å². The van der Waals surface area contributed by atoms with E-state index in [0.29, 0.717) is 23.8 Å². The van der Waals surface area contributed by atoms with Gasteiger partial charge in [-0.2, -0.15) is 0 Å². The molecule has 35 heavy (non-hydrogen) atoms. The molecule has 0 aliphatic carbocycles. The predicted molar refractivity (Wildman–Crippen MR) is 147 cm³/mol. The quantitative estimate of drug-likeness (QED) is 0.235. The number of nitro benzene ring substituents is 1. The summed E-state index contributed by atoms with van der Waals surface area (Å²) >= 11 is 0. The molecule has 0 unspecified atom stereocenters. The van der Waals surface area contributed by atoms with E-state index in [1.807, 2.05) is 6.92 Å². The number of aliphatic imine (C=N–C) groups is 1. The Morgan fingerprint density at radius 2 is 1.54 bits per heavy atom. The SMILES string of the molecule is CCNNC1=Nc2cc([N+](=O)[O-])ccc2OC1(CO[Si](C)(C)C(C)(C)C)CO[Si](C)(C)C(C)(C)C. The molecule has 1 aliphatic rings. The molecule has 11 heteroatoms. The fourth-order valence-corrected chi connectivity index (χ4v) is 4.91. The zero-order valence-electron chi connectivity index (χ0n) is 23.3. The Morgan fingerprint density at radius 3 is 1.97 bits per heavy atom. The average molecular weight is 525 g/mol. The zero-order chi connectivity index (χ0) is 26.9. The Morgan fingerprint density at radius 1 is 1.03 bits per heavy atom. The maximum atomic E-state index is 11.3. The third-order valence-electron chi connectivity index (χ3n) is 7.45. The molecule has 0 fully saturated rings. The molecule has 198 valence electrons. The molecule has 1 aromatic rings. The molecule has 0 bridgehead atoms. The number of nitrogens with zero attached hydrogens (tertiary/aromatic N) is 2. The van der Waals surface area contributed by atoms with Gasteiger partial charge in [0.05, 0.1) is 18.1 Å². The van der Waals surface area contributed by atoms with Gasteiger partial charge in [0.2, 0.25) is 5.60 Å². The number of rotatable bonds is 9. The first kappa shape index (κ1) is 29.4. The van der Waals surface area contributed by atoms with Gasteiger partial charge in [0.1, 0.15) is 11.4 Å². The van der Waals surface area contributed by atoms with Crippen LogP contribution >= 0.6 is 0 Å². The van der Waals surface area contributed by atoms with Gasteiger partial charge in [-0.05, 0) is 42.3 Å². The van der Waals surface area contributed by atoms with E-state index in [1.54, 1.807) is 6.07 Å². The van der Waals surface area contributed by atoms with Crippen LogP contribution in [0.25, 0.3) is 0 Å². The van der Waals surface area contributed by atoms with E-state index < -0.39 is 27.2 Å². The van der Waals surface area contributed by atoms with Crippen molar-refractivity contribution in [3.63, 3.8) is 0 Å². The van der Waals surface area contributed by atoms with E-state index in [1.165, 1.54) is 12.1 Å². The standard InChI is InChI=1S/C24H44N4O5Si2/c1-12-25-27-21-24(16-31-34(8,9)22(2,3)4,17-32-35(10,11)23(5,6)7)33-20-14-13-18(28(29)30)15-19(20)26-21/h13-15,25H,12,16-17H2,1-11H3,(H,26,27). The third-order valence-corrected chi connectivity index (χ3v) is 16.4. The molecule has 2 N–H and O–H groups in total. The summed E-state index contributed by atoms with van der Waals surface area (Å²) in [5.41, 5.74) is 5.60. The van der Waals surface area contributed by atoms with E-state index in [2.05, 4.69) is 78.6 Å². The summed E-state index contributed by atoms with van der Waals surface area (Å²) in [4.78, 5) is 15.7. The monoisotopic (exact) mass is 524 g/mol. The maximum Gasteiger partial charge on any atom is 0.271 e. The van der Waals surface area contributed by atoms with E-state index in [4.69, 9.17) is 18.6 Å². The van der Waals surface area contributed by atoms with Crippen LogP contribution in [0.4, 0.5) is 11.4 Å². The number of non-ortho nitro benzene ring substituents is 1. The number of hydrazine groups is 1. The first-order chi connectivity index (χ1) is 15.9. The molecule has 1 aliphatic heterocycles. The minimum atomic E-state index is -2.14. The number of hydrogen-bond donors (Lipinski definition) is 2. The van der Waals surface area contributed by atoms with Crippen molar-refractivity contribution in [1.29, 1.82) is 0 Å². The van der Waals surface area contributed by atoms with E-state index in [9.17, 15) is 10.1 Å². The minimum absolute atomic E-state index is 0.00800. The number of fused-ring (bicyclic) bond motifs is 1. The summed E-state index contributed by atoms with van der Waals surface area (Å²) in [6.07, 6.45) is 0. The highest BCUT2D eigenvalue weighted by Gasteiger charge is 2.49. The van der Waals surface area contributed by atoms with Crippen LogP contribution in [-0.2, 0) is 8.85 Å². The number of ether oxygens (including phenoxy) is 1. The van der Waals surface area contributed by atoms with Crippen LogP contribution in [-0.4, -0.2) is 52.8 Å². The van der Waals surface area contributed by atoms with Gasteiger partial charge in [-0.3, -0.25) is 10.1 Å². The highest BCUT2D eigenvalue weighted by Crippen LogP contribution is 2.43. The number of nitrogens with one attached hydrogen (secondary N) is 2. The van der Waals surface area contributed by atoms with Gasteiger partial charge in [0.15, 0.2) is 22.5 Å². The summed E-state index contributed by atoms with van der Waals surface area (Å²) < 4.78 is 20.0. The predicted octanol–water partition coefficient (Wildman–Crippen LogP) is 5.91. The first-order valence-corrected chi connectivity index (χ1v) is 18.0. The number of nitro groups is 1. The highest BCUT2D eigenvalue weighted by molar-refractivity contribution is 6.74. The van der Waals surface area contributed by atoms with Crippen LogP contribution in [0.1, 0.15) is 48.5 Å². The van der Waals surface area contributed by atoms with Crippen LogP contribution in [0, 0.1) is 10.1 Å². The molecular weight excluding hydrogens is 480 g/mol. The lowest BCUT2D eigenvalue weighted by molar-refractivity contribution is -0.384. The molecule has 1 heterocycles. The second-order valence-electron chi connectivity index (χ2n) is 12.2. The second kappa shape index (κ2) is 10.3. The van der Waals surface area contributed by atoms with Crippen LogP contribution in [0.2, 0.25) is 36.3 Å². The molecule has 0 saturated carbocycles. The van der Waals surface area contributed by atoms with Gasteiger partial charge in [-0.15, -0.1) is 0 Å². The molecule has 0 amide bonds. The van der Waals surface area contributed by atoms with Crippen LogP contribution in [0.15, 0.2) is 23.2 Å². The second-order valence-corrected chi connectivity index (χ2v) is 21.8. The Kier molecular flexibility index (Phi) is 8.65. The zero-order valence-corrected chi connectivity index (χ0v) is 25.3. The third kappa shape index (κ3) is 6.70. The molecular formula is C24H44N4O5Si2. The van der Waals surface area contributed by atoms with Gasteiger partial charge < -0.3 is 19.0 Å². The van der Waals surface area contributed by atoms with Crippen LogP contribution in [0.3, 0.4) is 0 Å². The smallest absolute Gasteiger partial charge is 0.271 e. The van der Waals surface area contributed by atoms with Crippen molar-refractivity contribution in [2.75, 3.05) is 19.8 Å². The molecule has 0 aromatic heterocycles. The number of benzene rings is 1. The Balaban J connectivity index is 2.57. The van der Waals surface area contributed by atoms with Crippen molar-refractivity contribution in [2.24, 2.45) is 4.99 Å². The Labute approximate surface area is 212 Å². The van der Waals surface area contributed by atoms with Gasteiger partial charge in [0, 0.05) is 18.7 Å². The van der Waals surface area contributed by atoms with Crippen molar-refractivity contribution in [3.8, 4) is 5.75 Å². The van der Waals surface area contributed by atoms with Crippen molar-refractivity contribution in [2.45, 2.75) is 90.3 Å². The van der Waals surface area contributed by atoms with Crippen molar-refractivity contribution in [3.05, 3.63) is 28.3 Å². The minimum Gasteiger partial charge on any atom is -0.472 e. The Bertz CT molecular complexity index is 922. The molecule has 0 saturated heterocycles. The van der Waals surface area contributed by atoms with Crippen LogP contribution < -0.4 is 15.6 Å². The lowest BCUT2D eigenvalue weighted by atomic mass is 10.0. The fourth-order valence-electron chi connectivity index (χ4n) is 2.85. The molecule has 1 aromatic carbocycles. The topological polar surface area (TPSA) is 107 Å². The average Bonchev–Trinajstić information content (AvgIpc) is 2.72. The lowest BCUT2D eigenvalue weighted by Gasteiger charge is -2.45. The largest absolute Gasteiger partial charge is 0.472 e. The maximum absolute atomic E-state index is 11.3. The first-order valence-electron chi connectivity index (χ1n) is 12.2. The molecule has 2 rings (SSSR count). The Hall–Kier alpha value is -1.80. The summed E-state index contributed by atoms with van der Waals surface area (Å²) in [6, 6.07) is 4.47. The summed E-state index contributed by atoms with van der Waals surface area (Å²) in [5, 5.41) is 11.4. The van der Waals surface area contributed by atoms with E-state index in [0.717, 1.165) is 0 Å². The summed E-state index contributed by atoms with van der Waals surface area (Å²) in [7, 11) is -4.28. The van der Waals surface area contributed by atoms with Gasteiger partial charge >= 0.3 is 0 Å². The van der Waals surface area contributed by atoms with E-state index >= 15 is 0 Å². The molecule has 9 nitrogen and oxygen atoms in total. The van der Waals surface area contributed by atoms with Crippen molar-refractivity contribution < 1.29 is 18.5 Å². The number of amidine groups is 1. The molecule has 0 atom stereocenters. The van der Waals surface area contributed by atoms with Crippen LogP contribution in [0.5, 0.6) is 5.75 Å². The van der Waals surface area contributed by atoms with E-state index in [-0.39, 0.29) is 29.0 Å². The van der Waals surface area contributed by atoms with Gasteiger partial charge in [-0.25, -0.2) is 10.4 Å². The van der Waals surface area contributed by atoms with Crippen molar-refractivity contribution >= 4 is 33.8 Å². The number of hydrogen-bond acceptors (Lipinski definition) is 8. The van der Waals surface area contributed by atoms with Gasteiger partial charge in [0.25, 0.3) is 5.69 Å². The highest BCUT2D eigenvalue weighted by atomic mass is 28.4. The summed E-state index contributed by atoms with van der Waals surface area (Å²) in [6.45, 7) is 25.1. The van der Waals surface area contributed by atoms with Crippen molar-refractivity contribution in [1.82, 2.24) is 10.9 Å². The lowest BCUT2D eigenvalue weighted by Crippen LogP contribution is -2.64.